The van der Waals surface area contributed by atoms with Crippen molar-refractivity contribution in [1.82, 2.24) is 9.88 Å². The molecule has 2 aliphatic rings. The Balaban J connectivity index is 1.77. The standard InChI is InChI=1S/C22H20FN3O2/c1-28-18-7-3-6-15(23)19(18)13-4-2-5-14-21(24)20-16(25-22(13)14)10-26(12-8-9-12)17(20)11-27/h2-7,11-12,17H,8-10H2,1H3,(H2,24,25). The topological polar surface area (TPSA) is 68.5 Å². The summed E-state index contributed by atoms with van der Waals surface area (Å²) < 4.78 is 20.1. The highest BCUT2D eigenvalue weighted by Gasteiger charge is 2.42. The Kier molecular flexibility index (Phi) is 3.84. The number of nitrogens with two attached hydrogens (primary N) is 1. The number of pyridine rings is 1. The number of fused-ring (bicyclic) bond motifs is 2. The van der Waals surface area contributed by atoms with Gasteiger partial charge in [-0.15, -0.1) is 0 Å². The summed E-state index contributed by atoms with van der Waals surface area (Å²) in [5.41, 5.74) is 10.3. The molecule has 1 saturated carbocycles. The Bertz CT molecular complexity index is 1110. The summed E-state index contributed by atoms with van der Waals surface area (Å²) in [5.74, 6) is 0.0665. The van der Waals surface area contributed by atoms with Gasteiger partial charge >= 0.3 is 0 Å². The van der Waals surface area contributed by atoms with Crippen molar-refractivity contribution in [1.29, 1.82) is 0 Å². The number of anilines is 1. The summed E-state index contributed by atoms with van der Waals surface area (Å²) in [6.07, 6.45) is 3.14. The summed E-state index contributed by atoms with van der Waals surface area (Å²) in [6.45, 7) is 0.590. The van der Waals surface area contributed by atoms with Gasteiger partial charge in [0.1, 0.15) is 17.9 Å². The van der Waals surface area contributed by atoms with Gasteiger partial charge in [0.05, 0.1) is 29.9 Å². The highest BCUT2D eigenvalue weighted by Crippen LogP contribution is 2.46. The maximum atomic E-state index is 14.7. The summed E-state index contributed by atoms with van der Waals surface area (Å²) >= 11 is 0. The highest BCUT2D eigenvalue weighted by atomic mass is 19.1. The molecule has 2 aromatic carbocycles. The normalized spacial score (nSPS) is 19.0. The van der Waals surface area contributed by atoms with E-state index in [1.54, 1.807) is 12.1 Å². The lowest BCUT2D eigenvalue weighted by atomic mass is 9.97. The molecule has 2 N–H and O–H groups in total. The van der Waals surface area contributed by atoms with Gasteiger partial charge in [-0.3, -0.25) is 9.88 Å². The fraction of sp³-hybridized carbons (Fsp3) is 0.273. The molecule has 1 aliphatic heterocycles. The Morgan fingerprint density at radius 2 is 2.04 bits per heavy atom. The number of methoxy groups -OCH3 is 1. The molecule has 5 nitrogen and oxygen atoms in total. The van der Waals surface area contributed by atoms with Crippen molar-refractivity contribution in [2.24, 2.45) is 0 Å². The molecule has 1 aliphatic carbocycles. The van der Waals surface area contributed by atoms with Crippen LogP contribution in [0.25, 0.3) is 22.0 Å². The van der Waals surface area contributed by atoms with Crippen molar-refractivity contribution in [3.63, 3.8) is 0 Å². The molecule has 1 fully saturated rings. The lowest BCUT2D eigenvalue weighted by Gasteiger charge is -2.20. The monoisotopic (exact) mass is 377 g/mol. The van der Waals surface area contributed by atoms with Crippen LogP contribution in [0.3, 0.4) is 0 Å². The number of carbonyl (C=O) groups is 1. The van der Waals surface area contributed by atoms with E-state index in [4.69, 9.17) is 15.5 Å². The quantitative estimate of drug-likeness (QED) is 0.700. The number of halogens is 1. The van der Waals surface area contributed by atoms with E-state index in [9.17, 15) is 9.18 Å². The van der Waals surface area contributed by atoms with E-state index in [0.717, 1.165) is 35.8 Å². The number of ether oxygens (including phenoxy) is 1. The molecule has 1 aromatic heterocycles. The number of para-hydroxylation sites is 1. The van der Waals surface area contributed by atoms with Gasteiger partial charge in [-0.05, 0) is 25.0 Å². The second-order valence-corrected chi connectivity index (χ2v) is 7.39. The first-order chi connectivity index (χ1) is 13.6. The van der Waals surface area contributed by atoms with E-state index in [0.29, 0.717) is 40.7 Å². The fourth-order valence-corrected chi connectivity index (χ4v) is 4.31. The molecule has 28 heavy (non-hydrogen) atoms. The number of rotatable bonds is 4. The smallest absolute Gasteiger partial charge is 0.141 e. The number of nitrogen functional groups attached to an aromatic ring is 1. The third kappa shape index (κ3) is 2.41. The van der Waals surface area contributed by atoms with Crippen molar-refractivity contribution in [2.75, 3.05) is 12.8 Å². The van der Waals surface area contributed by atoms with Crippen LogP contribution in [-0.4, -0.2) is 29.3 Å². The van der Waals surface area contributed by atoms with Gasteiger partial charge in [-0.2, -0.15) is 0 Å². The van der Waals surface area contributed by atoms with Crippen molar-refractivity contribution in [2.45, 2.75) is 31.5 Å². The van der Waals surface area contributed by atoms with Gasteiger partial charge in [-0.1, -0.05) is 24.3 Å². The summed E-state index contributed by atoms with van der Waals surface area (Å²) in [4.78, 5) is 18.9. The van der Waals surface area contributed by atoms with E-state index >= 15 is 0 Å². The second-order valence-electron chi connectivity index (χ2n) is 7.39. The van der Waals surface area contributed by atoms with Gasteiger partial charge in [0.2, 0.25) is 0 Å². The molecule has 0 amide bonds. The van der Waals surface area contributed by atoms with Gasteiger partial charge < -0.3 is 15.3 Å². The van der Waals surface area contributed by atoms with Gasteiger partial charge in [0.15, 0.2) is 0 Å². The minimum atomic E-state index is -0.377. The van der Waals surface area contributed by atoms with Crippen LogP contribution >= 0.6 is 0 Å². The molecular formula is C22H20FN3O2. The van der Waals surface area contributed by atoms with Crippen molar-refractivity contribution >= 4 is 22.9 Å². The van der Waals surface area contributed by atoms with Gasteiger partial charge in [-0.25, -0.2) is 4.39 Å². The van der Waals surface area contributed by atoms with E-state index < -0.39 is 0 Å². The predicted octanol–water partition coefficient (Wildman–Crippen LogP) is 3.85. The third-order valence-electron chi connectivity index (χ3n) is 5.77. The molecule has 142 valence electrons. The number of aldehydes is 1. The number of carbonyl (C=O) groups excluding carboxylic acids is 1. The fourth-order valence-electron chi connectivity index (χ4n) is 4.31. The second kappa shape index (κ2) is 6.27. The molecule has 0 bridgehead atoms. The van der Waals surface area contributed by atoms with Crippen LogP contribution in [-0.2, 0) is 11.3 Å². The molecule has 1 unspecified atom stereocenters. The zero-order chi connectivity index (χ0) is 19.4. The molecule has 0 spiro atoms. The number of aromatic nitrogens is 1. The molecule has 5 rings (SSSR count). The maximum Gasteiger partial charge on any atom is 0.141 e. The lowest BCUT2D eigenvalue weighted by Crippen LogP contribution is -2.25. The molecule has 2 heterocycles. The largest absolute Gasteiger partial charge is 0.496 e. The first-order valence-electron chi connectivity index (χ1n) is 9.39. The van der Waals surface area contributed by atoms with Crippen LogP contribution < -0.4 is 10.5 Å². The molecule has 3 aromatic rings. The van der Waals surface area contributed by atoms with E-state index in [1.165, 1.54) is 13.2 Å². The van der Waals surface area contributed by atoms with Gasteiger partial charge in [0, 0.05) is 34.8 Å². The summed E-state index contributed by atoms with van der Waals surface area (Å²) in [6, 6.07) is 10.3. The van der Waals surface area contributed by atoms with Gasteiger partial charge in [0.25, 0.3) is 0 Å². The maximum absolute atomic E-state index is 14.7. The number of hydrogen-bond donors (Lipinski definition) is 1. The molecule has 0 radical (unpaired) electrons. The van der Waals surface area contributed by atoms with E-state index in [1.807, 2.05) is 18.2 Å². The molecule has 1 atom stereocenters. The average Bonchev–Trinajstić information content (AvgIpc) is 3.48. The van der Waals surface area contributed by atoms with Crippen LogP contribution in [0, 0.1) is 5.82 Å². The Hall–Kier alpha value is -2.99. The summed E-state index contributed by atoms with van der Waals surface area (Å²) in [7, 11) is 1.52. The Labute approximate surface area is 161 Å². The van der Waals surface area contributed by atoms with Crippen LogP contribution in [0.5, 0.6) is 5.75 Å². The highest BCUT2D eigenvalue weighted by molar-refractivity contribution is 6.02. The van der Waals surface area contributed by atoms with E-state index in [-0.39, 0.29) is 11.9 Å². The zero-order valence-corrected chi connectivity index (χ0v) is 15.5. The third-order valence-corrected chi connectivity index (χ3v) is 5.77. The number of benzene rings is 2. The van der Waals surface area contributed by atoms with Crippen LogP contribution in [0.2, 0.25) is 0 Å². The molecule has 6 heteroatoms. The Morgan fingerprint density at radius 3 is 2.75 bits per heavy atom. The Morgan fingerprint density at radius 1 is 1.25 bits per heavy atom. The number of nitrogens with zero attached hydrogens (tertiary/aromatic N) is 2. The number of hydrogen-bond acceptors (Lipinski definition) is 5. The van der Waals surface area contributed by atoms with Crippen LogP contribution in [0.1, 0.15) is 30.1 Å². The SMILES string of the molecule is COc1cccc(F)c1-c1cccc2c(N)c3c(nc12)CN(C1CC1)C3C=O. The lowest BCUT2D eigenvalue weighted by molar-refractivity contribution is -0.112. The minimum absolute atomic E-state index is 0.356. The zero-order valence-electron chi connectivity index (χ0n) is 15.5. The molecular weight excluding hydrogens is 357 g/mol. The van der Waals surface area contributed by atoms with Crippen LogP contribution in [0.4, 0.5) is 10.1 Å². The minimum Gasteiger partial charge on any atom is -0.496 e. The van der Waals surface area contributed by atoms with Crippen LogP contribution in [0.15, 0.2) is 36.4 Å². The molecule has 0 saturated heterocycles. The van der Waals surface area contributed by atoms with Crippen molar-refractivity contribution in [3.05, 3.63) is 53.5 Å². The predicted molar refractivity (Wildman–Crippen MR) is 105 cm³/mol. The average molecular weight is 377 g/mol. The van der Waals surface area contributed by atoms with Crippen molar-refractivity contribution in [3.8, 4) is 16.9 Å². The van der Waals surface area contributed by atoms with E-state index in [2.05, 4.69) is 4.90 Å². The summed E-state index contributed by atoms with van der Waals surface area (Å²) in [5, 5.41) is 0.728. The van der Waals surface area contributed by atoms with Crippen molar-refractivity contribution < 1.29 is 13.9 Å². The first-order valence-corrected chi connectivity index (χ1v) is 9.39. The first kappa shape index (κ1) is 17.1.